The van der Waals surface area contributed by atoms with Crippen LogP contribution < -0.4 is 15.4 Å². The Balaban J connectivity index is 1.44. The number of hydrogen-bond acceptors (Lipinski definition) is 5. The molecule has 0 aliphatic carbocycles. The molecule has 1 aromatic heterocycles. The molecule has 0 saturated carbocycles. The number of nitrogens with one attached hydrogen (secondary N) is 2. The minimum atomic E-state index is -0.556. The van der Waals surface area contributed by atoms with Gasteiger partial charge in [0.25, 0.3) is 11.8 Å². The predicted octanol–water partition coefficient (Wildman–Crippen LogP) is 4.41. The van der Waals surface area contributed by atoms with Gasteiger partial charge in [-0.1, -0.05) is 29.8 Å². The van der Waals surface area contributed by atoms with E-state index < -0.39 is 17.6 Å². The minimum absolute atomic E-state index is 0.0936. The largest absolute Gasteiger partial charge is 0.488 e. The topological polar surface area (TPSA) is 106 Å². The van der Waals surface area contributed by atoms with Crippen molar-refractivity contribution in [1.29, 1.82) is 0 Å². The molecule has 0 spiro atoms. The molecule has 0 saturated heterocycles. The van der Waals surface area contributed by atoms with Crippen LogP contribution in [0.1, 0.15) is 32.0 Å². The summed E-state index contributed by atoms with van der Waals surface area (Å²) in [5, 5.41) is 10.2. The van der Waals surface area contributed by atoms with Crippen molar-refractivity contribution in [2.24, 2.45) is 7.05 Å². The molecule has 11 heteroatoms. The Labute approximate surface area is 234 Å². The van der Waals surface area contributed by atoms with Crippen molar-refractivity contribution in [2.45, 2.75) is 13.2 Å². The van der Waals surface area contributed by atoms with E-state index in [1.54, 1.807) is 72.4 Å². The summed E-state index contributed by atoms with van der Waals surface area (Å²) < 4.78 is 22.0. The zero-order valence-corrected chi connectivity index (χ0v) is 22.5. The van der Waals surface area contributed by atoms with Gasteiger partial charge in [-0.05, 0) is 48.5 Å². The molecule has 204 valence electrons. The van der Waals surface area contributed by atoms with Gasteiger partial charge in [0.2, 0.25) is 5.91 Å². The number of aryl methyl sites for hydroxylation is 1. The Morgan fingerprint density at radius 2 is 1.85 bits per heavy atom. The van der Waals surface area contributed by atoms with Crippen LogP contribution >= 0.6 is 11.6 Å². The smallest absolute Gasteiger partial charge is 0.275 e. The first kappa shape index (κ1) is 26.9. The SMILES string of the molecule is CNC(=O)c1ccc(NC(=O)CN(Cc2ccccc2F)C(=O)c2nn(C)c3c2COc2ccc(Cl)cc2-3)cc1. The third-order valence-corrected chi connectivity index (χ3v) is 6.75. The van der Waals surface area contributed by atoms with Crippen molar-refractivity contribution >= 4 is 35.0 Å². The van der Waals surface area contributed by atoms with Gasteiger partial charge in [-0.2, -0.15) is 5.10 Å². The van der Waals surface area contributed by atoms with Gasteiger partial charge in [-0.15, -0.1) is 0 Å². The van der Waals surface area contributed by atoms with Crippen LogP contribution in [0, 0.1) is 5.82 Å². The first-order chi connectivity index (χ1) is 19.2. The van der Waals surface area contributed by atoms with Crippen LogP contribution in [0.15, 0.2) is 66.7 Å². The fourth-order valence-electron chi connectivity index (χ4n) is 4.58. The lowest BCUT2D eigenvalue weighted by atomic mass is 10.0. The maximum Gasteiger partial charge on any atom is 0.275 e. The average molecular weight is 562 g/mol. The first-order valence-corrected chi connectivity index (χ1v) is 12.8. The molecular formula is C29H25ClFN5O4. The highest BCUT2D eigenvalue weighted by Gasteiger charge is 2.32. The van der Waals surface area contributed by atoms with E-state index in [1.807, 2.05) is 0 Å². The van der Waals surface area contributed by atoms with Crippen LogP contribution in [0.3, 0.4) is 0 Å². The standard InChI is InChI=1S/C29H25ClFN5O4/c1-32-28(38)17-7-10-20(11-8-17)33-25(37)15-36(14-18-5-3-4-6-23(18)31)29(39)26-22-16-40-24-12-9-19(30)13-21(24)27(22)35(2)34-26/h3-13H,14-16H2,1-2H3,(H,32,38)(H,33,37). The van der Waals surface area contributed by atoms with E-state index in [9.17, 15) is 18.8 Å². The number of carbonyl (C=O) groups excluding carboxylic acids is 3. The number of aromatic nitrogens is 2. The van der Waals surface area contributed by atoms with Crippen LogP contribution in [-0.2, 0) is 25.0 Å². The zero-order chi connectivity index (χ0) is 28.4. The molecule has 0 unspecified atom stereocenters. The van der Waals surface area contributed by atoms with Crippen molar-refractivity contribution in [3.8, 4) is 17.0 Å². The molecule has 40 heavy (non-hydrogen) atoms. The first-order valence-electron chi connectivity index (χ1n) is 12.4. The number of halogens is 2. The monoisotopic (exact) mass is 561 g/mol. The second-order valence-electron chi connectivity index (χ2n) is 9.19. The molecule has 0 fully saturated rings. The van der Waals surface area contributed by atoms with Gasteiger partial charge >= 0.3 is 0 Å². The van der Waals surface area contributed by atoms with Crippen LogP contribution in [0.25, 0.3) is 11.3 Å². The number of amides is 3. The number of carbonyl (C=O) groups is 3. The number of ether oxygens (including phenoxy) is 1. The van der Waals surface area contributed by atoms with Crippen molar-refractivity contribution in [1.82, 2.24) is 20.0 Å². The minimum Gasteiger partial charge on any atom is -0.488 e. The normalized spacial score (nSPS) is 11.6. The molecule has 9 nitrogen and oxygen atoms in total. The van der Waals surface area contributed by atoms with Crippen LogP contribution in [0.2, 0.25) is 5.02 Å². The highest BCUT2D eigenvalue weighted by Crippen LogP contribution is 2.40. The van der Waals surface area contributed by atoms with Crippen molar-refractivity contribution < 1.29 is 23.5 Å². The zero-order valence-electron chi connectivity index (χ0n) is 21.7. The van der Waals surface area contributed by atoms with Crippen LogP contribution in [0.4, 0.5) is 10.1 Å². The highest BCUT2D eigenvalue weighted by atomic mass is 35.5. The molecule has 0 radical (unpaired) electrons. The number of anilines is 1. The Hall–Kier alpha value is -4.70. The summed E-state index contributed by atoms with van der Waals surface area (Å²) in [7, 11) is 3.24. The second kappa shape index (κ2) is 11.2. The van der Waals surface area contributed by atoms with Gasteiger partial charge in [-0.3, -0.25) is 19.1 Å². The van der Waals surface area contributed by atoms with Gasteiger partial charge in [0.05, 0.1) is 5.69 Å². The van der Waals surface area contributed by atoms with E-state index in [0.717, 1.165) is 0 Å². The van der Waals surface area contributed by atoms with E-state index in [1.165, 1.54) is 18.0 Å². The molecular weight excluding hydrogens is 537 g/mol. The van der Waals surface area contributed by atoms with Crippen molar-refractivity contribution in [3.05, 3.63) is 100.0 Å². The van der Waals surface area contributed by atoms with Crippen molar-refractivity contribution in [2.75, 3.05) is 18.9 Å². The van der Waals surface area contributed by atoms with E-state index in [2.05, 4.69) is 15.7 Å². The fraction of sp³-hybridized carbons (Fsp3) is 0.172. The summed E-state index contributed by atoms with van der Waals surface area (Å²) in [6, 6.07) is 17.6. The van der Waals surface area contributed by atoms with Crippen LogP contribution in [0.5, 0.6) is 5.75 Å². The third-order valence-electron chi connectivity index (χ3n) is 6.52. The van der Waals surface area contributed by atoms with Gasteiger partial charge in [0.15, 0.2) is 5.69 Å². The molecule has 1 aliphatic heterocycles. The Kier molecular flexibility index (Phi) is 7.52. The lowest BCUT2D eigenvalue weighted by molar-refractivity contribution is -0.117. The summed E-state index contributed by atoms with van der Waals surface area (Å²) in [4.78, 5) is 40.0. The number of nitrogens with zero attached hydrogens (tertiary/aromatic N) is 3. The van der Waals surface area contributed by atoms with E-state index in [-0.39, 0.29) is 36.9 Å². The predicted molar refractivity (Wildman–Crippen MR) is 148 cm³/mol. The van der Waals surface area contributed by atoms with Crippen LogP contribution in [-0.4, -0.2) is 46.0 Å². The Morgan fingerprint density at radius 3 is 2.58 bits per heavy atom. The fourth-order valence-corrected chi connectivity index (χ4v) is 4.75. The molecule has 2 heterocycles. The van der Waals surface area contributed by atoms with Gasteiger partial charge in [0.1, 0.15) is 24.7 Å². The number of fused-ring (bicyclic) bond motifs is 3. The summed E-state index contributed by atoms with van der Waals surface area (Å²) >= 11 is 6.22. The molecule has 1 aliphatic rings. The molecule has 0 bridgehead atoms. The summed E-state index contributed by atoms with van der Waals surface area (Å²) in [5.74, 6) is -1.20. The second-order valence-corrected chi connectivity index (χ2v) is 9.62. The Morgan fingerprint density at radius 1 is 1.10 bits per heavy atom. The lowest BCUT2D eigenvalue weighted by Gasteiger charge is -2.23. The summed E-state index contributed by atoms with van der Waals surface area (Å²) in [6.07, 6.45) is 0. The van der Waals surface area contributed by atoms with Crippen molar-refractivity contribution in [3.63, 3.8) is 0 Å². The number of hydrogen-bond donors (Lipinski definition) is 2. The molecule has 3 amide bonds. The summed E-state index contributed by atoms with van der Waals surface area (Å²) in [5.41, 5.74) is 3.14. The van der Waals surface area contributed by atoms with Gasteiger partial charge in [-0.25, -0.2) is 4.39 Å². The molecule has 2 N–H and O–H groups in total. The van der Waals surface area contributed by atoms with E-state index in [4.69, 9.17) is 16.3 Å². The maximum absolute atomic E-state index is 14.6. The Bertz CT molecular complexity index is 1620. The summed E-state index contributed by atoms with van der Waals surface area (Å²) in [6.45, 7) is -0.446. The third kappa shape index (κ3) is 5.39. The van der Waals surface area contributed by atoms with Gasteiger partial charge in [0, 0.05) is 53.6 Å². The van der Waals surface area contributed by atoms with E-state index >= 15 is 0 Å². The lowest BCUT2D eigenvalue weighted by Crippen LogP contribution is -2.38. The average Bonchev–Trinajstić information content (AvgIpc) is 3.30. The van der Waals surface area contributed by atoms with Gasteiger partial charge < -0.3 is 20.3 Å². The molecule has 5 rings (SSSR count). The maximum atomic E-state index is 14.6. The number of rotatable bonds is 7. The molecule has 3 aromatic carbocycles. The molecule has 0 atom stereocenters. The number of benzene rings is 3. The quantitative estimate of drug-likeness (QED) is 0.348. The molecule has 4 aromatic rings. The highest BCUT2D eigenvalue weighted by molar-refractivity contribution is 6.31. The van der Waals surface area contributed by atoms with E-state index in [0.29, 0.717) is 38.8 Å².